The zero-order valence-corrected chi connectivity index (χ0v) is 16.3. The van der Waals surface area contributed by atoms with Crippen molar-refractivity contribution in [2.24, 2.45) is 5.92 Å². The van der Waals surface area contributed by atoms with Gasteiger partial charge in [-0.05, 0) is 48.9 Å². The SMILES string of the molecule is CN(C(=O)C1CCCN(c2ncccc2C(F)(F)F)C1)C1CCc2ccccc21. The van der Waals surface area contributed by atoms with Crippen LogP contribution in [-0.2, 0) is 17.4 Å². The van der Waals surface area contributed by atoms with Gasteiger partial charge in [0.15, 0.2) is 0 Å². The average Bonchev–Trinajstić information content (AvgIpc) is 3.16. The van der Waals surface area contributed by atoms with Gasteiger partial charge in [-0.2, -0.15) is 13.2 Å². The summed E-state index contributed by atoms with van der Waals surface area (Å²) in [5.74, 6) is -0.406. The first-order valence-electron chi connectivity index (χ1n) is 9.98. The van der Waals surface area contributed by atoms with Gasteiger partial charge in [-0.1, -0.05) is 24.3 Å². The maximum Gasteiger partial charge on any atom is 0.419 e. The summed E-state index contributed by atoms with van der Waals surface area (Å²) in [5, 5.41) is 0. The molecule has 0 N–H and O–H groups in total. The van der Waals surface area contributed by atoms with Crippen molar-refractivity contribution in [2.75, 3.05) is 25.0 Å². The second-order valence-electron chi connectivity index (χ2n) is 7.86. The standard InChI is InChI=1S/C22H24F3N3O/c1-27(19-11-10-15-6-2-3-8-17(15)19)21(29)16-7-5-13-28(14-16)20-18(22(23,24)25)9-4-12-26-20/h2-4,6,8-9,12,16,19H,5,7,10-11,13-14H2,1H3. The molecule has 7 heteroatoms. The number of fused-ring (bicyclic) bond motifs is 1. The Morgan fingerprint density at radius 2 is 1.97 bits per heavy atom. The molecule has 2 heterocycles. The molecular weight excluding hydrogens is 379 g/mol. The number of hydrogen-bond acceptors (Lipinski definition) is 3. The summed E-state index contributed by atoms with van der Waals surface area (Å²) >= 11 is 0. The number of pyridine rings is 1. The number of rotatable bonds is 3. The van der Waals surface area contributed by atoms with Gasteiger partial charge >= 0.3 is 6.18 Å². The molecule has 1 aromatic carbocycles. The first kappa shape index (κ1) is 19.7. The van der Waals surface area contributed by atoms with Gasteiger partial charge in [0.2, 0.25) is 5.91 Å². The smallest absolute Gasteiger partial charge is 0.355 e. The van der Waals surface area contributed by atoms with Gasteiger partial charge in [0.1, 0.15) is 5.82 Å². The fourth-order valence-corrected chi connectivity index (χ4v) is 4.62. The third kappa shape index (κ3) is 3.82. The van der Waals surface area contributed by atoms with Crippen molar-refractivity contribution in [3.63, 3.8) is 0 Å². The Kier molecular flexibility index (Phi) is 5.23. The van der Waals surface area contributed by atoms with E-state index in [0.717, 1.165) is 18.9 Å². The van der Waals surface area contributed by atoms with E-state index in [1.165, 1.54) is 23.4 Å². The van der Waals surface area contributed by atoms with E-state index in [2.05, 4.69) is 17.1 Å². The van der Waals surface area contributed by atoms with E-state index >= 15 is 0 Å². The molecular formula is C22H24F3N3O. The van der Waals surface area contributed by atoms with Gasteiger partial charge in [-0.3, -0.25) is 4.79 Å². The Bertz CT molecular complexity index is 899. The van der Waals surface area contributed by atoms with Crippen molar-refractivity contribution in [3.8, 4) is 0 Å². The van der Waals surface area contributed by atoms with Gasteiger partial charge in [-0.25, -0.2) is 4.98 Å². The van der Waals surface area contributed by atoms with Crippen LogP contribution in [-0.4, -0.2) is 35.9 Å². The number of alkyl halides is 3. The number of nitrogens with zero attached hydrogens (tertiary/aromatic N) is 3. The molecule has 154 valence electrons. The van der Waals surface area contributed by atoms with Crippen LogP contribution in [0.4, 0.5) is 19.0 Å². The van der Waals surface area contributed by atoms with Gasteiger partial charge in [-0.15, -0.1) is 0 Å². The fraction of sp³-hybridized carbons (Fsp3) is 0.455. The Balaban J connectivity index is 1.52. The molecule has 1 aliphatic carbocycles. The molecule has 2 aliphatic rings. The highest BCUT2D eigenvalue weighted by molar-refractivity contribution is 5.80. The van der Waals surface area contributed by atoms with E-state index in [1.54, 1.807) is 9.80 Å². The summed E-state index contributed by atoms with van der Waals surface area (Å²) in [6, 6.07) is 10.5. The summed E-state index contributed by atoms with van der Waals surface area (Å²) < 4.78 is 40.2. The number of anilines is 1. The fourth-order valence-electron chi connectivity index (χ4n) is 4.62. The molecule has 1 saturated heterocycles. The summed E-state index contributed by atoms with van der Waals surface area (Å²) in [7, 11) is 1.82. The maximum atomic E-state index is 13.4. The molecule has 4 nitrogen and oxygen atoms in total. The zero-order valence-electron chi connectivity index (χ0n) is 16.3. The second-order valence-corrected chi connectivity index (χ2v) is 7.86. The quantitative estimate of drug-likeness (QED) is 0.759. The van der Waals surface area contributed by atoms with Crippen molar-refractivity contribution in [2.45, 2.75) is 37.9 Å². The van der Waals surface area contributed by atoms with Crippen LogP contribution in [0.1, 0.15) is 42.0 Å². The van der Waals surface area contributed by atoms with Crippen LogP contribution < -0.4 is 4.90 Å². The number of aryl methyl sites for hydroxylation is 1. The van der Waals surface area contributed by atoms with Crippen LogP contribution in [0.3, 0.4) is 0 Å². The molecule has 1 aliphatic heterocycles. The first-order chi connectivity index (χ1) is 13.9. The van der Waals surface area contributed by atoms with Gasteiger partial charge in [0.25, 0.3) is 0 Å². The number of piperidine rings is 1. The lowest BCUT2D eigenvalue weighted by atomic mass is 9.95. The summed E-state index contributed by atoms with van der Waals surface area (Å²) in [6.45, 7) is 0.734. The van der Waals surface area contributed by atoms with Crippen LogP contribution in [0, 0.1) is 5.92 Å². The lowest BCUT2D eigenvalue weighted by Crippen LogP contribution is -2.45. The number of benzene rings is 1. The summed E-state index contributed by atoms with van der Waals surface area (Å²) in [5.41, 5.74) is 1.71. The lowest BCUT2D eigenvalue weighted by molar-refractivity contribution is -0.137. The highest BCUT2D eigenvalue weighted by atomic mass is 19.4. The molecule has 4 rings (SSSR count). The third-order valence-electron chi connectivity index (χ3n) is 6.08. The van der Waals surface area contributed by atoms with Crippen molar-refractivity contribution >= 4 is 11.7 Å². The number of carbonyl (C=O) groups excluding carboxylic acids is 1. The van der Waals surface area contributed by atoms with Crippen LogP contribution >= 0.6 is 0 Å². The highest BCUT2D eigenvalue weighted by Crippen LogP contribution is 2.38. The van der Waals surface area contributed by atoms with E-state index < -0.39 is 11.7 Å². The molecule has 0 bridgehead atoms. The Labute approximate surface area is 168 Å². The van der Waals surface area contributed by atoms with Crippen LogP contribution in [0.5, 0.6) is 0 Å². The van der Waals surface area contributed by atoms with Gasteiger partial charge < -0.3 is 9.80 Å². The number of halogens is 3. The monoisotopic (exact) mass is 403 g/mol. The average molecular weight is 403 g/mol. The molecule has 2 aromatic rings. The van der Waals surface area contributed by atoms with Crippen LogP contribution in [0.15, 0.2) is 42.6 Å². The van der Waals surface area contributed by atoms with Crippen molar-refractivity contribution in [1.82, 2.24) is 9.88 Å². The summed E-state index contributed by atoms with van der Waals surface area (Å²) in [6.07, 6.45) is 0.0820. The predicted octanol–water partition coefficient (Wildman–Crippen LogP) is 4.46. The molecule has 29 heavy (non-hydrogen) atoms. The number of amides is 1. The zero-order chi connectivity index (χ0) is 20.6. The van der Waals surface area contributed by atoms with E-state index in [9.17, 15) is 18.0 Å². The van der Waals surface area contributed by atoms with Crippen LogP contribution in [0.2, 0.25) is 0 Å². The minimum Gasteiger partial charge on any atom is -0.355 e. The minimum atomic E-state index is -4.47. The second kappa shape index (κ2) is 7.69. The molecule has 1 amide bonds. The molecule has 0 saturated carbocycles. The van der Waals surface area contributed by atoms with Gasteiger partial charge in [0.05, 0.1) is 17.5 Å². The predicted molar refractivity (Wildman–Crippen MR) is 104 cm³/mol. The maximum absolute atomic E-state index is 13.4. The van der Waals surface area contributed by atoms with Crippen molar-refractivity contribution in [1.29, 1.82) is 0 Å². The third-order valence-corrected chi connectivity index (χ3v) is 6.08. The van der Waals surface area contributed by atoms with Crippen molar-refractivity contribution < 1.29 is 18.0 Å². The highest BCUT2D eigenvalue weighted by Gasteiger charge is 2.38. The Morgan fingerprint density at radius 1 is 1.17 bits per heavy atom. The van der Waals surface area contributed by atoms with E-state index in [1.807, 2.05) is 19.2 Å². The topological polar surface area (TPSA) is 36.4 Å². The largest absolute Gasteiger partial charge is 0.419 e. The van der Waals surface area contributed by atoms with Gasteiger partial charge in [0, 0.05) is 26.3 Å². The number of aromatic nitrogens is 1. The molecule has 2 unspecified atom stereocenters. The molecule has 0 spiro atoms. The van der Waals surface area contributed by atoms with Crippen molar-refractivity contribution in [3.05, 3.63) is 59.3 Å². The number of carbonyl (C=O) groups is 1. The van der Waals surface area contributed by atoms with Crippen LogP contribution in [0.25, 0.3) is 0 Å². The Morgan fingerprint density at radius 3 is 2.76 bits per heavy atom. The lowest BCUT2D eigenvalue weighted by Gasteiger charge is -2.37. The normalized spacial score (nSPS) is 21.7. The molecule has 2 atom stereocenters. The first-order valence-corrected chi connectivity index (χ1v) is 9.98. The molecule has 0 radical (unpaired) electrons. The molecule has 1 fully saturated rings. The van der Waals surface area contributed by atoms with E-state index in [-0.39, 0.29) is 30.2 Å². The van der Waals surface area contributed by atoms with E-state index in [0.29, 0.717) is 19.4 Å². The minimum absolute atomic E-state index is 0.000827. The molecule has 1 aromatic heterocycles. The Hall–Kier alpha value is -2.57. The summed E-state index contributed by atoms with van der Waals surface area (Å²) in [4.78, 5) is 20.6. The van der Waals surface area contributed by atoms with E-state index in [4.69, 9.17) is 0 Å². The number of hydrogen-bond donors (Lipinski definition) is 0.